The van der Waals surface area contributed by atoms with Crippen molar-refractivity contribution >= 4 is 22.6 Å². The molecule has 0 N–H and O–H groups in total. The van der Waals surface area contributed by atoms with Crippen LogP contribution >= 0.6 is 22.6 Å². The van der Waals surface area contributed by atoms with Gasteiger partial charge in [-0.25, -0.2) is 8.78 Å². The van der Waals surface area contributed by atoms with Crippen molar-refractivity contribution in [2.24, 2.45) is 0 Å². The van der Waals surface area contributed by atoms with Crippen molar-refractivity contribution in [3.05, 3.63) is 33.4 Å². The Hall–Kier alpha value is -0.230. The van der Waals surface area contributed by atoms with Crippen LogP contribution in [0.2, 0.25) is 0 Å². The summed E-state index contributed by atoms with van der Waals surface area (Å²) in [4.78, 5) is 2.21. The number of hydrogen-bond acceptors (Lipinski definition) is 1. The van der Waals surface area contributed by atoms with Crippen LogP contribution in [0.1, 0.15) is 31.2 Å². The van der Waals surface area contributed by atoms with Crippen molar-refractivity contribution in [2.45, 2.75) is 44.2 Å². The summed E-state index contributed by atoms with van der Waals surface area (Å²) < 4.78 is 27.4. The molecule has 0 bridgehead atoms. The maximum Gasteiger partial charge on any atom is 0.248 e. The lowest BCUT2D eigenvalue weighted by atomic mass is 9.91. The number of nitrogens with zero attached hydrogens (tertiary/aromatic N) is 1. The maximum absolute atomic E-state index is 13.1. The Bertz CT molecular complexity index is 399. The fraction of sp³-hybridized carbons (Fsp3) is 0.571. The normalized spacial score (nSPS) is 20.3. The number of benzene rings is 1. The molecule has 0 atom stereocenters. The largest absolute Gasteiger partial charge is 0.299 e. The van der Waals surface area contributed by atoms with Crippen LogP contribution in [0.4, 0.5) is 8.78 Å². The summed E-state index contributed by atoms with van der Waals surface area (Å²) >= 11 is 2.29. The first-order valence-corrected chi connectivity index (χ1v) is 7.37. The lowest BCUT2D eigenvalue weighted by molar-refractivity contribution is -0.0519. The molecule has 4 heteroatoms. The highest BCUT2D eigenvalue weighted by atomic mass is 127. The van der Waals surface area contributed by atoms with Gasteiger partial charge < -0.3 is 0 Å². The monoisotopic (exact) mass is 365 g/mol. The Morgan fingerprint density at radius 3 is 2.61 bits per heavy atom. The standard InChI is InChI=1S/C14H18F2IN/c1-18(10-11-3-2-4-12(17)9-11)13-5-7-14(15,16)8-6-13/h2-4,9,13H,5-8,10H2,1H3. The van der Waals surface area contributed by atoms with E-state index in [1.165, 1.54) is 9.13 Å². The van der Waals surface area contributed by atoms with Crippen molar-refractivity contribution in [3.8, 4) is 0 Å². The van der Waals surface area contributed by atoms with Crippen LogP contribution in [0.15, 0.2) is 24.3 Å². The second kappa shape index (κ2) is 5.82. The predicted molar refractivity (Wildman–Crippen MR) is 77.8 cm³/mol. The third-order valence-electron chi connectivity index (χ3n) is 3.63. The Morgan fingerprint density at radius 2 is 2.00 bits per heavy atom. The van der Waals surface area contributed by atoms with E-state index in [1.807, 2.05) is 13.1 Å². The molecule has 1 aromatic carbocycles. The highest BCUT2D eigenvalue weighted by molar-refractivity contribution is 14.1. The molecular weight excluding hydrogens is 347 g/mol. The number of alkyl halides is 2. The molecule has 0 amide bonds. The van der Waals surface area contributed by atoms with Crippen LogP contribution in [0.25, 0.3) is 0 Å². The Labute approximate surface area is 121 Å². The van der Waals surface area contributed by atoms with E-state index in [9.17, 15) is 8.78 Å². The number of rotatable bonds is 3. The summed E-state index contributed by atoms with van der Waals surface area (Å²) in [5.41, 5.74) is 1.25. The summed E-state index contributed by atoms with van der Waals surface area (Å²) in [6, 6.07) is 8.64. The molecule has 0 saturated heterocycles. The molecule has 1 nitrogen and oxygen atoms in total. The van der Waals surface area contributed by atoms with Gasteiger partial charge in [-0.15, -0.1) is 0 Å². The fourth-order valence-electron chi connectivity index (χ4n) is 2.52. The minimum Gasteiger partial charge on any atom is -0.299 e. The zero-order valence-electron chi connectivity index (χ0n) is 10.5. The quantitative estimate of drug-likeness (QED) is 0.722. The molecule has 18 heavy (non-hydrogen) atoms. The Kier molecular flexibility index (Phi) is 4.59. The zero-order chi connectivity index (χ0) is 13.2. The highest BCUT2D eigenvalue weighted by Crippen LogP contribution is 2.35. The average molecular weight is 365 g/mol. The van der Waals surface area contributed by atoms with Gasteiger partial charge in [-0.1, -0.05) is 12.1 Å². The lowest BCUT2D eigenvalue weighted by Gasteiger charge is -2.34. The van der Waals surface area contributed by atoms with E-state index in [0.717, 1.165) is 6.54 Å². The van der Waals surface area contributed by atoms with Gasteiger partial charge in [0.1, 0.15) is 0 Å². The molecule has 0 unspecified atom stereocenters. The van der Waals surface area contributed by atoms with Gasteiger partial charge >= 0.3 is 0 Å². The Balaban J connectivity index is 1.91. The first-order chi connectivity index (χ1) is 8.46. The van der Waals surface area contributed by atoms with Crippen molar-refractivity contribution < 1.29 is 8.78 Å². The highest BCUT2D eigenvalue weighted by Gasteiger charge is 2.35. The maximum atomic E-state index is 13.1. The molecule has 1 aliphatic rings. The molecule has 100 valence electrons. The van der Waals surface area contributed by atoms with Gasteiger partial charge in [0, 0.05) is 29.0 Å². The molecule has 0 spiro atoms. The summed E-state index contributed by atoms with van der Waals surface area (Å²) in [5.74, 6) is -2.43. The minimum atomic E-state index is -2.43. The van der Waals surface area contributed by atoms with Gasteiger partial charge in [-0.05, 0) is 60.2 Å². The first-order valence-electron chi connectivity index (χ1n) is 6.29. The molecule has 0 aliphatic heterocycles. The summed E-state index contributed by atoms with van der Waals surface area (Å²) in [6.45, 7) is 0.840. The average Bonchev–Trinajstić information content (AvgIpc) is 2.28. The van der Waals surface area contributed by atoms with Crippen molar-refractivity contribution in [1.29, 1.82) is 0 Å². The predicted octanol–water partition coefficient (Wildman–Crippen LogP) is 4.30. The minimum absolute atomic E-state index is 0.0360. The SMILES string of the molecule is CN(Cc1cccc(I)c1)C1CCC(F)(F)CC1. The molecule has 1 aromatic rings. The van der Waals surface area contributed by atoms with Gasteiger partial charge in [0.15, 0.2) is 0 Å². The number of halogens is 3. The first kappa shape index (κ1) is 14.2. The van der Waals surface area contributed by atoms with Gasteiger partial charge in [-0.3, -0.25) is 4.90 Å². The zero-order valence-corrected chi connectivity index (χ0v) is 12.7. The van der Waals surface area contributed by atoms with Crippen LogP contribution in [0, 0.1) is 3.57 Å². The molecular formula is C14H18F2IN. The van der Waals surface area contributed by atoms with E-state index in [0.29, 0.717) is 18.9 Å². The lowest BCUT2D eigenvalue weighted by Crippen LogP contribution is -2.38. The van der Waals surface area contributed by atoms with Crippen LogP contribution < -0.4 is 0 Å². The van der Waals surface area contributed by atoms with Crippen molar-refractivity contribution in [2.75, 3.05) is 7.05 Å². The number of hydrogen-bond donors (Lipinski definition) is 0. The van der Waals surface area contributed by atoms with Crippen LogP contribution in [-0.2, 0) is 6.54 Å². The second-order valence-corrected chi connectivity index (χ2v) is 6.38. The third-order valence-corrected chi connectivity index (χ3v) is 4.30. The van der Waals surface area contributed by atoms with E-state index >= 15 is 0 Å². The topological polar surface area (TPSA) is 3.24 Å². The molecule has 1 aliphatic carbocycles. The van der Waals surface area contributed by atoms with Gasteiger partial charge in [-0.2, -0.15) is 0 Å². The molecule has 2 rings (SSSR count). The summed E-state index contributed by atoms with van der Waals surface area (Å²) in [7, 11) is 2.04. The third kappa shape index (κ3) is 3.88. The molecule has 0 radical (unpaired) electrons. The van der Waals surface area contributed by atoms with Crippen LogP contribution in [0.5, 0.6) is 0 Å². The van der Waals surface area contributed by atoms with Crippen molar-refractivity contribution in [3.63, 3.8) is 0 Å². The van der Waals surface area contributed by atoms with Crippen LogP contribution in [-0.4, -0.2) is 23.9 Å². The summed E-state index contributed by atoms with van der Waals surface area (Å²) in [5, 5.41) is 0. The molecule has 0 aromatic heterocycles. The van der Waals surface area contributed by atoms with Gasteiger partial charge in [0.2, 0.25) is 5.92 Å². The van der Waals surface area contributed by atoms with Crippen molar-refractivity contribution in [1.82, 2.24) is 4.90 Å². The molecule has 0 heterocycles. The molecule has 1 saturated carbocycles. The van der Waals surface area contributed by atoms with Gasteiger partial charge in [0.25, 0.3) is 0 Å². The Morgan fingerprint density at radius 1 is 1.33 bits per heavy atom. The van der Waals surface area contributed by atoms with E-state index in [-0.39, 0.29) is 12.8 Å². The van der Waals surface area contributed by atoms with E-state index < -0.39 is 5.92 Å². The second-order valence-electron chi connectivity index (χ2n) is 5.13. The van der Waals surface area contributed by atoms with Crippen LogP contribution in [0.3, 0.4) is 0 Å². The molecule has 1 fully saturated rings. The smallest absolute Gasteiger partial charge is 0.248 e. The van der Waals surface area contributed by atoms with E-state index in [4.69, 9.17) is 0 Å². The van der Waals surface area contributed by atoms with E-state index in [2.05, 4.69) is 45.7 Å². The fourth-order valence-corrected chi connectivity index (χ4v) is 3.13. The van der Waals surface area contributed by atoms with E-state index in [1.54, 1.807) is 0 Å². The van der Waals surface area contributed by atoms with Gasteiger partial charge in [0.05, 0.1) is 0 Å². The summed E-state index contributed by atoms with van der Waals surface area (Å²) in [6.07, 6.45) is 1.28.